The van der Waals surface area contributed by atoms with Crippen LogP contribution in [0.15, 0.2) is 24.3 Å². The number of carbonyl (C=O) groups is 1. The topological polar surface area (TPSA) is 57.5 Å². The third-order valence-electron chi connectivity index (χ3n) is 4.94. The van der Waals surface area contributed by atoms with Crippen LogP contribution in [0.5, 0.6) is 0 Å². The number of aliphatic hydroxyl groups excluding tert-OH is 1. The fraction of sp³-hybridized carbons (Fsp3) is 0.720. The van der Waals surface area contributed by atoms with Crippen LogP contribution in [0.3, 0.4) is 0 Å². The predicted octanol–water partition coefficient (Wildman–Crippen LogP) is 7.58. The molecule has 2 N–H and O–H groups in total. The van der Waals surface area contributed by atoms with Crippen LogP contribution in [-0.4, -0.2) is 22.3 Å². The molecule has 28 heavy (non-hydrogen) atoms. The smallest absolute Gasteiger partial charge is 0.335 e. The Balaban J connectivity index is 0.00000165. The molecule has 0 fully saturated rings. The van der Waals surface area contributed by atoms with Gasteiger partial charge in [-0.1, -0.05) is 90.2 Å². The SMILES string of the molecule is CC(C)O.CCCCCCCC(CCCCCCC)c1ccc(C(=O)O)cc1. The molecule has 0 bridgehead atoms. The normalized spacial score (nSPS) is 10.8. The molecular formula is C25H44O3. The van der Waals surface area contributed by atoms with E-state index >= 15 is 0 Å². The summed E-state index contributed by atoms with van der Waals surface area (Å²) < 4.78 is 0. The molecule has 0 amide bonds. The molecule has 1 rings (SSSR count). The van der Waals surface area contributed by atoms with Gasteiger partial charge >= 0.3 is 5.97 Å². The van der Waals surface area contributed by atoms with E-state index in [-0.39, 0.29) is 6.10 Å². The van der Waals surface area contributed by atoms with Crippen molar-refractivity contribution < 1.29 is 15.0 Å². The van der Waals surface area contributed by atoms with E-state index < -0.39 is 5.97 Å². The Kier molecular flexibility index (Phi) is 16.9. The second-order valence-corrected chi connectivity index (χ2v) is 8.12. The van der Waals surface area contributed by atoms with Crippen LogP contribution >= 0.6 is 0 Å². The first-order valence-electron chi connectivity index (χ1n) is 11.4. The second kappa shape index (κ2) is 17.7. The zero-order chi connectivity index (χ0) is 21.2. The number of rotatable bonds is 14. The number of benzene rings is 1. The molecule has 0 unspecified atom stereocenters. The van der Waals surface area contributed by atoms with Crippen LogP contribution in [0.2, 0.25) is 0 Å². The van der Waals surface area contributed by atoms with Crippen molar-refractivity contribution in [3.8, 4) is 0 Å². The van der Waals surface area contributed by atoms with E-state index in [0.717, 1.165) is 0 Å². The third-order valence-corrected chi connectivity index (χ3v) is 4.94. The van der Waals surface area contributed by atoms with Crippen molar-refractivity contribution in [1.29, 1.82) is 0 Å². The summed E-state index contributed by atoms with van der Waals surface area (Å²) in [5.74, 6) is -0.242. The lowest BCUT2D eigenvalue weighted by Gasteiger charge is -2.18. The molecule has 0 radical (unpaired) electrons. The highest BCUT2D eigenvalue weighted by molar-refractivity contribution is 5.87. The van der Waals surface area contributed by atoms with E-state index in [1.165, 1.54) is 82.6 Å². The summed E-state index contributed by atoms with van der Waals surface area (Å²) in [5, 5.41) is 17.1. The minimum atomic E-state index is -0.836. The Morgan fingerprint density at radius 3 is 1.54 bits per heavy atom. The number of aromatic carboxylic acids is 1. The monoisotopic (exact) mass is 392 g/mol. The largest absolute Gasteiger partial charge is 0.478 e. The van der Waals surface area contributed by atoms with Crippen molar-refractivity contribution in [3.05, 3.63) is 35.4 Å². The first kappa shape index (κ1) is 26.6. The number of hydrogen-bond acceptors (Lipinski definition) is 2. The zero-order valence-electron chi connectivity index (χ0n) is 18.8. The minimum Gasteiger partial charge on any atom is -0.478 e. The van der Waals surface area contributed by atoms with Gasteiger partial charge in [-0.25, -0.2) is 4.79 Å². The summed E-state index contributed by atoms with van der Waals surface area (Å²) in [6.07, 6.45) is 15.5. The van der Waals surface area contributed by atoms with Crippen molar-refractivity contribution in [2.45, 2.75) is 117 Å². The van der Waals surface area contributed by atoms with Crippen molar-refractivity contribution in [3.63, 3.8) is 0 Å². The van der Waals surface area contributed by atoms with E-state index in [2.05, 4.69) is 13.8 Å². The van der Waals surface area contributed by atoms with E-state index in [9.17, 15) is 4.79 Å². The summed E-state index contributed by atoms with van der Waals surface area (Å²) >= 11 is 0. The lowest BCUT2D eigenvalue weighted by Crippen LogP contribution is -2.02. The molecule has 0 aromatic heterocycles. The van der Waals surface area contributed by atoms with Gasteiger partial charge in [0, 0.05) is 6.10 Å². The zero-order valence-corrected chi connectivity index (χ0v) is 18.8. The summed E-state index contributed by atoms with van der Waals surface area (Å²) in [7, 11) is 0. The highest BCUT2D eigenvalue weighted by atomic mass is 16.4. The first-order chi connectivity index (χ1) is 13.4. The molecule has 0 aliphatic rings. The molecule has 0 spiro atoms. The van der Waals surface area contributed by atoms with Gasteiger partial charge in [0.25, 0.3) is 0 Å². The van der Waals surface area contributed by atoms with Crippen LogP contribution in [-0.2, 0) is 0 Å². The van der Waals surface area contributed by atoms with E-state index in [0.29, 0.717) is 11.5 Å². The Morgan fingerprint density at radius 1 is 0.786 bits per heavy atom. The number of hydrogen-bond donors (Lipinski definition) is 2. The number of carboxylic acids is 1. The van der Waals surface area contributed by atoms with Gasteiger partial charge in [0.05, 0.1) is 5.56 Å². The maximum atomic E-state index is 11.0. The molecule has 162 valence electrons. The maximum Gasteiger partial charge on any atom is 0.335 e. The second-order valence-electron chi connectivity index (χ2n) is 8.12. The van der Waals surface area contributed by atoms with E-state index in [1.54, 1.807) is 26.0 Å². The fourth-order valence-corrected chi connectivity index (χ4v) is 3.36. The molecule has 0 heterocycles. The van der Waals surface area contributed by atoms with Gasteiger partial charge in [-0.05, 0) is 50.3 Å². The molecule has 1 aromatic rings. The average Bonchev–Trinajstić information content (AvgIpc) is 2.65. The van der Waals surface area contributed by atoms with Gasteiger partial charge in [-0.15, -0.1) is 0 Å². The van der Waals surface area contributed by atoms with E-state index in [1.807, 2.05) is 12.1 Å². The molecule has 3 nitrogen and oxygen atoms in total. The molecule has 0 aliphatic carbocycles. The molecule has 1 aromatic carbocycles. The number of carboxylic acid groups (broad SMARTS) is 1. The highest BCUT2D eigenvalue weighted by Crippen LogP contribution is 2.29. The quantitative estimate of drug-likeness (QED) is 0.321. The van der Waals surface area contributed by atoms with Crippen LogP contribution < -0.4 is 0 Å². The summed E-state index contributed by atoms with van der Waals surface area (Å²) in [5.41, 5.74) is 1.72. The molecule has 0 atom stereocenters. The Morgan fingerprint density at radius 2 is 1.18 bits per heavy atom. The van der Waals surface area contributed by atoms with Gasteiger partial charge in [0.2, 0.25) is 0 Å². The molecular weight excluding hydrogens is 348 g/mol. The van der Waals surface area contributed by atoms with Crippen molar-refractivity contribution in [2.24, 2.45) is 0 Å². The summed E-state index contributed by atoms with van der Waals surface area (Å²) in [6, 6.07) is 7.59. The van der Waals surface area contributed by atoms with Crippen molar-refractivity contribution in [2.75, 3.05) is 0 Å². The molecule has 0 saturated carbocycles. The Hall–Kier alpha value is -1.35. The lowest BCUT2D eigenvalue weighted by molar-refractivity contribution is 0.0697. The standard InChI is InChI=1S/C22H36O2.C3H8O/c1-3-5-7-9-11-13-19(14-12-10-8-6-4-2)20-15-17-21(18-16-20)22(23)24;1-3(2)4/h15-19H,3-14H2,1-2H3,(H,23,24);3-4H,1-2H3. The van der Waals surface area contributed by atoms with Crippen LogP contribution in [0.25, 0.3) is 0 Å². The average molecular weight is 393 g/mol. The minimum absolute atomic E-state index is 0.167. The predicted molar refractivity (Wildman–Crippen MR) is 120 cm³/mol. The maximum absolute atomic E-state index is 11.0. The van der Waals surface area contributed by atoms with Crippen molar-refractivity contribution in [1.82, 2.24) is 0 Å². The number of unbranched alkanes of at least 4 members (excludes halogenated alkanes) is 8. The molecule has 0 saturated heterocycles. The number of aliphatic hydroxyl groups is 1. The van der Waals surface area contributed by atoms with E-state index in [4.69, 9.17) is 10.2 Å². The third kappa shape index (κ3) is 14.7. The highest BCUT2D eigenvalue weighted by Gasteiger charge is 2.12. The summed E-state index contributed by atoms with van der Waals surface area (Å²) in [4.78, 5) is 11.0. The van der Waals surface area contributed by atoms with Crippen LogP contribution in [0.1, 0.15) is 127 Å². The van der Waals surface area contributed by atoms with Crippen molar-refractivity contribution >= 4 is 5.97 Å². The van der Waals surface area contributed by atoms with Gasteiger partial charge < -0.3 is 10.2 Å². The fourth-order valence-electron chi connectivity index (χ4n) is 3.36. The molecule has 3 heteroatoms. The first-order valence-corrected chi connectivity index (χ1v) is 11.4. The van der Waals surface area contributed by atoms with Crippen LogP contribution in [0, 0.1) is 0 Å². The Bertz CT molecular complexity index is 462. The Labute approximate surface area is 173 Å². The molecule has 0 aliphatic heterocycles. The van der Waals surface area contributed by atoms with Gasteiger partial charge in [-0.3, -0.25) is 0 Å². The lowest BCUT2D eigenvalue weighted by atomic mass is 9.87. The van der Waals surface area contributed by atoms with Gasteiger partial charge in [0.1, 0.15) is 0 Å². The van der Waals surface area contributed by atoms with Gasteiger partial charge in [-0.2, -0.15) is 0 Å². The van der Waals surface area contributed by atoms with Gasteiger partial charge in [0.15, 0.2) is 0 Å². The summed E-state index contributed by atoms with van der Waals surface area (Å²) in [6.45, 7) is 7.95. The van der Waals surface area contributed by atoms with Crippen LogP contribution in [0.4, 0.5) is 0 Å².